The number of hydrogen-bond donors (Lipinski definition) is 1. The number of aromatic nitrogens is 2. The molecule has 0 amide bonds. The van der Waals surface area contributed by atoms with E-state index in [0.717, 1.165) is 19.6 Å². The highest BCUT2D eigenvalue weighted by atomic mass is 127. The van der Waals surface area contributed by atoms with Crippen molar-refractivity contribution in [2.45, 2.75) is 0 Å². The fraction of sp³-hybridized carbons (Fsp3) is 0. The summed E-state index contributed by atoms with van der Waals surface area (Å²) in [7, 11) is 0. The molecule has 0 spiro atoms. The summed E-state index contributed by atoms with van der Waals surface area (Å²) in [5.74, 6) is 0. The van der Waals surface area contributed by atoms with Crippen LogP contribution in [0.25, 0.3) is 11.0 Å². The summed E-state index contributed by atoms with van der Waals surface area (Å²) < 4.78 is 1.10. The molecular weight excluding hydrogens is 274 g/mol. The molecule has 4 heteroatoms. The van der Waals surface area contributed by atoms with Gasteiger partial charge >= 0.3 is 0 Å². The van der Waals surface area contributed by atoms with Crippen molar-refractivity contribution in [1.29, 1.82) is 0 Å². The smallest absolute Gasteiger partial charge is 0.103 e. The van der Waals surface area contributed by atoms with E-state index in [0.29, 0.717) is 0 Å². The van der Waals surface area contributed by atoms with Crippen LogP contribution in [0.5, 0.6) is 0 Å². The lowest BCUT2D eigenvalue weighted by Crippen LogP contribution is -1.75. The fourth-order valence-electron chi connectivity index (χ4n) is 0.961. The van der Waals surface area contributed by atoms with Gasteiger partial charge in [0, 0.05) is 12.4 Å². The Bertz CT molecular complexity index is 396. The Balaban J connectivity index is 2.94. The molecule has 0 fully saturated rings. The van der Waals surface area contributed by atoms with E-state index in [1.165, 1.54) is 0 Å². The van der Waals surface area contributed by atoms with Crippen LogP contribution in [0.3, 0.4) is 0 Å². The van der Waals surface area contributed by atoms with Gasteiger partial charge in [0.25, 0.3) is 0 Å². The first kappa shape index (κ1) is 7.36. The van der Waals surface area contributed by atoms with E-state index in [4.69, 9.17) is 11.6 Å². The average Bonchev–Trinajstić information content (AvgIpc) is 2.35. The molecule has 2 aromatic rings. The average molecular weight is 278 g/mol. The molecular formula is C7H4ClIN2. The summed E-state index contributed by atoms with van der Waals surface area (Å²) in [6, 6.07) is 1.77. The van der Waals surface area contributed by atoms with E-state index in [2.05, 4.69) is 32.6 Å². The minimum atomic E-state index is 0.720. The van der Waals surface area contributed by atoms with Crippen LogP contribution < -0.4 is 0 Å². The number of nitrogens with one attached hydrogen (secondary N) is 1. The number of rotatable bonds is 0. The van der Waals surface area contributed by atoms with Crippen molar-refractivity contribution in [3.8, 4) is 0 Å². The molecule has 0 atom stereocenters. The summed E-state index contributed by atoms with van der Waals surface area (Å²) in [5.41, 5.74) is 1.86. The van der Waals surface area contributed by atoms with Gasteiger partial charge in [0.05, 0.1) is 14.1 Å². The van der Waals surface area contributed by atoms with E-state index in [1.54, 1.807) is 12.3 Å². The van der Waals surface area contributed by atoms with Crippen molar-refractivity contribution in [3.63, 3.8) is 0 Å². The Morgan fingerprint density at radius 1 is 1.55 bits per heavy atom. The highest BCUT2D eigenvalue weighted by Gasteiger charge is 2.03. The minimum Gasteiger partial charge on any atom is -0.358 e. The van der Waals surface area contributed by atoms with Gasteiger partial charge in [-0.15, -0.1) is 0 Å². The zero-order valence-electron chi connectivity index (χ0n) is 5.44. The molecule has 1 N–H and O–H groups in total. The first-order valence-corrected chi connectivity index (χ1v) is 4.52. The largest absolute Gasteiger partial charge is 0.358 e. The molecule has 0 aliphatic rings. The summed E-state index contributed by atoms with van der Waals surface area (Å²) in [6.45, 7) is 0. The van der Waals surface area contributed by atoms with Crippen LogP contribution in [0.4, 0.5) is 0 Å². The van der Waals surface area contributed by atoms with Crippen LogP contribution in [-0.4, -0.2) is 9.97 Å². The predicted molar refractivity (Wildman–Crippen MR) is 53.8 cm³/mol. The van der Waals surface area contributed by atoms with Crippen molar-refractivity contribution in [3.05, 3.63) is 27.1 Å². The monoisotopic (exact) mass is 278 g/mol. The van der Waals surface area contributed by atoms with Gasteiger partial charge in [-0.25, -0.2) is 0 Å². The predicted octanol–water partition coefficient (Wildman–Crippen LogP) is 2.82. The molecule has 0 saturated carbocycles. The van der Waals surface area contributed by atoms with E-state index < -0.39 is 0 Å². The topological polar surface area (TPSA) is 28.7 Å². The van der Waals surface area contributed by atoms with Crippen molar-refractivity contribution in [1.82, 2.24) is 9.97 Å². The maximum absolute atomic E-state index is 5.90. The number of nitrogens with zero attached hydrogens (tertiary/aromatic N) is 1. The lowest BCUT2D eigenvalue weighted by atomic mass is 10.4. The van der Waals surface area contributed by atoms with Crippen LogP contribution >= 0.6 is 34.2 Å². The molecule has 0 saturated heterocycles. The van der Waals surface area contributed by atoms with E-state index in [-0.39, 0.29) is 0 Å². The van der Waals surface area contributed by atoms with Gasteiger partial charge < -0.3 is 4.98 Å². The molecule has 56 valence electrons. The maximum Gasteiger partial charge on any atom is 0.103 e. The minimum absolute atomic E-state index is 0.720. The second-order valence-corrected chi connectivity index (χ2v) is 3.72. The molecule has 11 heavy (non-hydrogen) atoms. The van der Waals surface area contributed by atoms with Crippen molar-refractivity contribution in [2.75, 3.05) is 0 Å². The molecule has 2 heterocycles. The van der Waals surface area contributed by atoms with E-state index in [9.17, 15) is 0 Å². The Kier molecular flexibility index (Phi) is 1.77. The SMILES string of the molecule is Clc1ccnc2c(I)c[nH]c12. The first-order valence-electron chi connectivity index (χ1n) is 3.06. The van der Waals surface area contributed by atoms with Gasteiger partial charge in [0.1, 0.15) is 5.52 Å². The number of hydrogen-bond acceptors (Lipinski definition) is 1. The van der Waals surface area contributed by atoms with E-state index >= 15 is 0 Å². The number of H-pyrrole nitrogens is 1. The van der Waals surface area contributed by atoms with Gasteiger partial charge in [-0.2, -0.15) is 0 Å². The van der Waals surface area contributed by atoms with Gasteiger partial charge in [-0.05, 0) is 28.7 Å². The summed E-state index contributed by atoms with van der Waals surface area (Å²) in [5, 5.41) is 0.720. The fourth-order valence-corrected chi connectivity index (χ4v) is 1.73. The Morgan fingerprint density at radius 2 is 2.36 bits per heavy atom. The third kappa shape index (κ3) is 1.12. The number of pyridine rings is 1. The molecule has 2 aromatic heterocycles. The molecule has 0 unspecified atom stereocenters. The molecule has 0 bridgehead atoms. The molecule has 0 aromatic carbocycles. The third-order valence-corrected chi connectivity index (χ3v) is 2.61. The maximum atomic E-state index is 5.90. The van der Waals surface area contributed by atoms with Gasteiger partial charge in [-0.3, -0.25) is 4.98 Å². The van der Waals surface area contributed by atoms with Gasteiger partial charge in [-0.1, -0.05) is 11.6 Å². The summed E-state index contributed by atoms with van der Waals surface area (Å²) in [4.78, 5) is 7.23. The zero-order chi connectivity index (χ0) is 7.84. The van der Waals surface area contributed by atoms with Crippen molar-refractivity contribution >= 4 is 45.2 Å². The standard InChI is InChI=1S/C7H4ClIN2/c8-4-1-2-10-7-5(9)3-11-6(4)7/h1-3,11H. The lowest BCUT2D eigenvalue weighted by molar-refractivity contribution is 1.40. The molecule has 2 rings (SSSR count). The van der Waals surface area contributed by atoms with Gasteiger partial charge in [0.2, 0.25) is 0 Å². The zero-order valence-corrected chi connectivity index (χ0v) is 8.35. The Labute approximate surface area is 82.1 Å². The van der Waals surface area contributed by atoms with Crippen LogP contribution in [0.2, 0.25) is 5.02 Å². The third-order valence-electron chi connectivity index (χ3n) is 1.47. The van der Waals surface area contributed by atoms with E-state index in [1.807, 2.05) is 6.20 Å². The summed E-state index contributed by atoms with van der Waals surface area (Å²) >= 11 is 8.11. The highest BCUT2D eigenvalue weighted by Crippen LogP contribution is 2.23. The summed E-state index contributed by atoms with van der Waals surface area (Å²) in [6.07, 6.45) is 3.60. The quantitative estimate of drug-likeness (QED) is 0.738. The number of fused-ring (bicyclic) bond motifs is 1. The highest BCUT2D eigenvalue weighted by molar-refractivity contribution is 14.1. The van der Waals surface area contributed by atoms with Crippen LogP contribution in [-0.2, 0) is 0 Å². The Morgan fingerprint density at radius 3 is 3.09 bits per heavy atom. The Hall–Kier alpha value is -0.290. The normalized spacial score (nSPS) is 10.7. The van der Waals surface area contributed by atoms with Crippen molar-refractivity contribution in [2.24, 2.45) is 0 Å². The second kappa shape index (κ2) is 2.64. The van der Waals surface area contributed by atoms with Crippen molar-refractivity contribution < 1.29 is 0 Å². The molecule has 0 aliphatic heterocycles. The van der Waals surface area contributed by atoms with Crippen LogP contribution in [0, 0.1) is 3.57 Å². The second-order valence-electron chi connectivity index (χ2n) is 2.15. The van der Waals surface area contributed by atoms with Crippen LogP contribution in [0.1, 0.15) is 0 Å². The molecule has 0 aliphatic carbocycles. The molecule has 2 nitrogen and oxygen atoms in total. The number of aromatic amines is 1. The van der Waals surface area contributed by atoms with Gasteiger partial charge in [0.15, 0.2) is 0 Å². The molecule has 0 radical (unpaired) electrons. The number of halogens is 2. The lowest BCUT2D eigenvalue weighted by Gasteiger charge is -1.90. The first-order chi connectivity index (χ1) is 5.29. The van der Waals surface area contributed by atoms with Crippen LogP contribution in [0.15, 0.2) is 18.5 Å².